The van der Waals surface area contributed by atoms with Gasteiger partial charge in [-0.2, -0.15) is 5.10 Å². The standard InChI is InChI=1S/C24H32N4O3S/c1-30-13-5-10-26-9-4-6-18(16-26)28-23-19-7-2-3-8-21(19)32-17-20(23)22(25-28)24(29)27-11-14-31-15-12-27/h2-3,7-8,18H,4-6,9-17H2,1H3. The number of carbonyl (C=O) groups is 1. The molecule has 0 spiro atoms. The second-order valence-electron chi connectivity index (χ2n) is 8.75. The van der Waals surface area contributed by atoms with Crippen molar-refractivity contribution in [1.82, 2.24) is 19.6 Å². The monoisotopic (exact) mass is 456 g/mol. The number of hydrogen-bond donors (Lipinski definition) is 0. The fraction of sp³-hybridized carbons (Fsp3) is 0.583. The molecule has 1 amide bonds. The molecule has 1 aromatic heterocycles. The zero-order valence-corrected chi connectivity index (χ0v) is 19.6. The van der Waals surface area contributed by atoms with E-state index in [1.165, 1.54) is 10.5 Å². The topological polar surface area (TPSA) is 59.8 Å². The number of benzene rings is 1. The Morgan fingerprint density at radius 3 is 2.94 bits per heavy atom. The van der Waals surface area contributed by atoms with Crippen molar-refractivity contribution >= 4 is 17.7 Å². The predicted octanol–water partition coefficient (Wildman–Crippen LogP) is 3.30. The molecule has 0 N–H and O–H groups in total. The summed E-state index contributed by atoms with van der Waals surface area (Å²) in [6.07, 6.45) is 3.28. The van der Waals surface area contributed by atoms with Gasteiger partial charge in [0, 0.05) is 61.7 Å². The molecule has 2 aromatic rings. The first-order valence-electron chi connectivity index (χ1n) is 11.7. The van der Waals surface area contributed by atoms with Crippen molar-refractivity contribution in [2.75, 3.05) is 59.7 Å². The van der Waals surface area contributed by atoms with Crippen LogP contribution in [-0.2, 0) is 15.2 Å². The van der Waals surface area contributed by atoms with E-state index in [0.717, 1.165) is 62.5 Å². The number of carbonyl (C=O) groups excluding carboxylic acids is 1. The molecule has 1 atom stereocenters. The van der Waals surface area contributed by atoms with Crippen LogP contribution in [0.1, 0.15) is 41.4 Å². The summed E-state index contributed by atoms with van der Waals surface area (Å²) in [4.78, 5) is 19.2. The molecule has 0 radical (unpaired) electrons. The average Bonchev–Trinajstić information content (AvgIpc) is 3.25. The van der Waals surface area contributed by atoms with Gasteiger partial charge in [0.15, 0.2) is 5.69 Å². The smallest absolute Gasteiger partial charge is 0.274 e. The minimum atomic E-state index is 0.0519. The maximum atomic E-state index is 13.5. The highest BCUT2D eigenvalue weighted by atomic mass is 32.2. The van der Waals surface area contributed by atoms with Gasteiger partial charge in [0.05, 0.1) is 24.9 Å². The van der Waals surface area contributed by atoms with Crippen LogP contribution >= 0.6 is 11.8 Å². The van der Waals surface area contributed by atoms with Gasteiger partial charge in [0.1, 0.15) is 0 Å². The van der Waals surface area contributed by atoms with Crippen molar-refractivity contribution < 1.29 is 14.3 Å². The third-order valence-corrected chi connectivity index (χ3v) is 7.77. The fourth-order valence-electron chi connectivity index (χ4n) is 5.05. The summed E-state index contributed by atoms with van der Waals surface area (Å²) >= 11 is 1.81. The Balaban J connectivity index is 1.49. The van der Waals surface area contributed by atoms with E-state index < -0.39 is 0 Å². The lowest BCUT2D eigenvalue weighted by atomic mass is 10.0. The van der Waals surface area contributed by atoms with Crippen molar-refractivity contribution in [3.63, 3.8) is 0 Å². The highest BCUT2D eigenvalue weighted by molar-refractivity contribution is 7.98. The Morgan fingerprint density at radius 2 is 2.09 bits per heavy atom. The summed E-state index contributed by atoms with van der Waals surface area (Å²) in [7, 11) is 1.76. The molecule has 1 unspecified atom stereocenters. The van der Waals surface area contributed by atoms with Crippen LogP contribution in [0.25, 0.3) is 11.3 Å². The van der Waals surface area contributed by atoms with Gasteiger partial charge >= 0.3 is 0 Å². The third kappa shape index (κ3) is 4.33. The number of likely N-dealkylation sites (tertiary alicyclic amines) is 1. The molecular formula is C24H32N4O3S. The van der Waals surface area contributed by atoms with Crippen LogP contribution in [0.15, 0.2) is 29.2 Å². The fourth-order valence-corrected chi connectivity index (χ4v) is 6.12. The van der Waals surface area contributed by atoms with Gasteiger partial charge in [-0.05, 0) is 31.9 Å². The van der Waals surface area contributed by atoms with Crippen molar-refractivity contribution in [1.29, 1.82) is 0 Å². The lowest BCUT2D eigenvalue weighted by molar-refractivity contribution is 0.0297. The first-order valence-corrected chi connectivity index (χ1v) is 12.7. The molecule has 3 aliphatic heterocycles. The summed E-state index contributed by atoms with van der Waals surface area (Å²) in [5, 5.41) is 5.04. The highest BCUT2D eigenvalue weighted by Gasteiger charge is 2.34. The summed E-state index contributed by atoms with van der Waals surface area (Å²) in [6, 6.07) is 8.83. The number of ether oxygens (including phenoxy) is 2. The molecule has 4 heterocycles. The number of morpholine rings is 1. The van der Waals surface area contributed by atoms with Crippen LogP contribution < -0.4 is 0 Å². The summed E-state index contributed by atoms with van der Waals surface area (Å²) in [6.45, 7) is 6.41. The lowest BCUT2D eigenvalue weighted by Crippen LogP contribution is -2.41. The largest absolute Gasteiger partial charge is 0.385 e. The molecule has 1 aromatic carbocycles. The second-order valence-corrected chi connectivity index (χ2v) is 9.77. The maximum absolute atomic E-state index is 13.5. The SMILES string of the molecule is COCCCN1CCCC(n2nc(C(=O)N3CCOCC3)c3c2-c2ccccc2SC3)C1. The van der Waals surface area contributed by atoms with Crippen LogP contribution in [-0.4, -0.2) is 85.1 Å². The number of piperidine rings is 1. The molecule has 3 aliphatic rings. The van der Waals surface area contributed by atoms with E-state index in [2.05, 4.69) is 33.8 Å². The molecular weight excluding hydrogens is 424 g/mol. The first-order chi connectivity index (χ1) is 15.8. The van der Waals surface area contributed by atoms with Gasteiger partial charge in [0.25, 0.3) is 5.91 Å². The van der Waals surface area contributed by atoms with Gasteiger partial charge in [-0.15, -0.1) is 11.8 Å². The minimum Gasteiger partial charge on any atom is -0.385 e. The number of thioether (sulfide) groups is 1. The third-order valence-electron chi connectivity index (χ3n) is 6.67. The number of fused-ring (bicyclic) bond motifs is 3. The molecule has 0 bridgehead atoms. The molecule has 7 nitrogen and oxygen atoms in total. The zero-order valence-electron chi connectivity index (χ0n) is 18.8. The molecule has 2 saturated heterocycles. The molecule has 172 valence electrons. The van der Waals surface area contributed by atoms with Crippen LogP contribution in [0.5, 0.6) is 0 Å². The molecule has 8 heteroatoms. The van der Waals surface area contributed by atoms with Crippen LogP contribution in [0, 0.1) is 0 Å². The summed E-state index contributed by atoms with van der Waals surface area (Å²) in [5.74, 6) is 0.846. The van der Waals surface area contributed by atoms with Crippen LogP contribution in [0.4, 0.5) is 0 Å². The van der Waals surface area contributed by atoms with E-state index in [1.54, 1.807) is 7.11 Å². The van der Waals surface area contributed by atoms with E-state index in [-0.39, 0.29) is 11.9 Å². The molecule has 32 heavy (non-hydrogen) atoms. The number of rotatable bonds is 6. The Labute approximate surface area is 194 Å². The number of methoxy groups -OCH3 is 1. The first kappa shape index (κ1) is 21.9. The average molecular weight is 457 g/mol. The summed E-state index contributed by atoms with van der Waals surface area (Å²) < 4.78 is 12.9. The predicted molar refractivity (Wildman–Crippen MR) is 125 cm³/mol. The Kier molecular flexibility index (Phi) is 6.83. The van der Waals surface area contributed by atoms with Gasteiger partial charge in [0.2, 0.25) is 0 Å². The second kappa shape index (κ2) is 9.95. The Bertz CT molecular complexity index is 957. The molecule has 5 rings (SSSR count). The van der Waals surface area contributed by atoms with Crippen LogP contribution in [0.2, 0.25) is 0 Å². The molecule has 0 aliphatic carbocycles. The van der Waals surface area contributed by atoms with Gasteiger partial charge in [-0.3, -0.25) is 9.48 Å². The number of hydrogen-bond acceptors (Lipinski definition) is 6. The summed E-state index contributed by atoms with van der Waals surface area (Å²) in [5.41, 5.74) is 4.10. The number of nitrogens with zero attached hydrogens (tertiary/aromatic N) is 4. The zero-order chi connectivity index (χ0) is 21.9. The molecule has 2 fully saturated rings. The van der Waals surface area contributed by atoms with Crippen molar-refractivity contribution in [2.24, 2.45) is 0 Å². The van der Waals surface area contributed by atoms with Gasteiger partial charge < -0.3 is 19.3 Å². The van der Waals surface area contributed by atoms with Crippen molar-refractivity contribution in [2.45, 2.75) is 36.0 Å². The molecule has 0 saturated carbocycles. The lowest BCUT2D eigenvalue weighted by Gasteiger charge is -2.34. The minimum absolute atomic E-state index is 0.0519. The van der Waals surface area contributed by atoms with Crippen molar-refractivity contribution in [3.05, 3.63) is 35.5 Å². The van der Waals surface area contributed by atoms with E-state index in [0.29, 0.717) is 32.0 Å². The van der Waals surface area contributed by atoms with E-state index in [4.69, 9.17) is 14.6 Å². The quantitative estimate of drug-likeness (QED) is 0.622. The Morgan fingerprint density at radius 1 is 1.25 bits per heavy atom. The Hall–Kier alpha value is -1.87. The van der Waals surface area contributed by atoms with Gasteiger partial charge in [-0.1, -0.05) is 18.2 Å². The van der Waals surface area contributed by atoms with E-state index in [9.17, 15) is 4.79 Å². The van der Waals surface area contributed by atoms with E-state index >= 15 is 0 Å². The van der Waals surface area contributed by atoms with Crippen molar-refractivity contribution in [3.8, 4) is 11.3 Å². The van der Waals surface area contributed by atoms with Crippen LogP contribution in [0.3, 0.4) is 0 Å². The maximum Gasteiger partial charge on any atom is 0.274 e. The number of amides is 1. The van der Waals surface area contributed by atoms with E-state index in [1.807, 2.05) is 16.7 Å². The normalized spacial score (nSPS) is 21.3. The highest BCUT2D eigenvalue weighted by Crippen LogP contribution is 2.44. The van der Waals surface area contributed by atoms with Gasteiger partial charge in [-0.25, -0.2) is 0 Å². The number of aromatic nitrogens is 2.